The van der Waals surface area contributed by atoms with Gasteiger partial charge < -0.3 is 21.1 Å². The summed E-state index contributed by atoms with van der Waals surface area (Å²) in [5, 5.41) is 17.9. The van der Waals surface area contributed by atoms with E-state index in [9.17, 15) is 27.6 Å². The normalized spacial score (nSPS) is 11.9. The van der Waals surface area contributed by atoms with Crippen molar-refractivity contribution in [1.82, 2.24) is 20.6 Å². The Morgan fingerprint density at radius 2 is 1.58 bits per heavy atom. The Morgan fingerprint density at radius 3 is 2.31 bits per heavy atom. The average Bonchev–Trinajstić information content (AvgIpc) is 3.10. The van der Waals surface area contributed by atoms with Crippen LogP contribution < -0.4 is 16.0 Å². The zero-order chi connectivity index (χ0) is 34.1. The molecule has 0 saturated carbocycles. The molecule has 0 aliphatic rings. The van der Waals surface area contributed by atoms with Crippen LogP contribution in [0.2, 0.25) is 0 Å². The third-order valence-electron chi connectivity index (χ3n) is 7.54. The zero-order valence-corrected chi connectivity index (χ0v) is 25.6. The van der Waals surface area contributed by atoms with Crippen molar-refractivity contribution in [3.63, 3.8) is 0 Å². The number of pyridine rings is 2. The minimum Gasteiger partial charge on any atom is -0.396 e. The van der Waals surface area contributed by atoms with Crippen LogP contribution >= 0.6 is 0 Å². The molecule has 4 N–H and O–H groups in total. The molecule has 5 aromatic rings. The number of aliphatic hydroxyl groups is 1. The monoisotopic (exact) mass is 655 g/mol. The number of carbonyl (C=O) groups is 3. The van der Waals surface area contributed by atoms with E-state index in [0.29, 0.717) is 47.1 Å². The molecule has 3 amide bonds. The predicted molar refractivity (Wildman–Crippen MR) is 175 cm³/mol. The van der Waals surface area contributed by atoms with Crippen molar-refractivity contribution >= 4 is 34.4 Å². The Balaban J connectivity index is 1.29. The maximum Gasteiger partial charge on any atom is 0.416 e. The molecule has 1 atom stereocenters. The van der Waals surface area contributed by atoms with Gasteiger partial charge in [0.25, 0.3) is 11.8 Å². The largest absolute Gasteiger partial charge is 0.416 e. The van der Waals surface area contributed by atoms with Gasteiger partial charge in [0.1, 0.15) is 5.82 Å². The molecule has 48 heavy (non-hydrogen) atoms. The van der Waals surface area contributed by atoms with Crippen molar-refractivity contribution in [3.05, 3.63) is 126 Å². The molecule has 0 aliphatic carbocycles. The molecule has 9 nitrogen and oxygen atoms in total. The van der Waals surface area contributed by atoms with Gasteiger partial charge in [-0.05, 0) is 91.1 Å². The van der Waals surface area contributed by atoms with Crippen molar-refractivity contribution in [1.29, 1.82) is 0 Å². The molecule has 5 rings (SSSR count). The first-order chi connectivity index (χ1) is 23.1. The molecule has 0 bridgehead atoms. The number of alkyl halides is 3. The summed E-state index contributed by atoms with van der Waals surface area (Å²) in [5.74, 6) is -1.17. The van der Waals surface area contributed by atoms with E-state index in [0.717, 1.165) is 18.6 Å². The highest BCUT2D eigenvalue weighted by atomic mass is 19.4. The number of amides is 3. The number of nitrogens with zero attached hydrogens (tertiary/aromatic N) is 2. The molecule has 3 aromatic carbocycles. The third kappa shape index (κ3) is 8.39. The molecule has 0 aliphatic heterocycles. The van der Waals surface area contributed by atoms with E-state index in [1.165, 1.54) is 18.3 Å². The molecule has 12 heteroatoms. The van der Waals surface area contributed by atoms with Gasteiger partial charge in [-0.2, -0.15) is 13.2 Å². The van der Waals surface area contributed by atoms with Crippen LogP contribution in [0.4, 0.5) is 19.0 Å². The first-order valence-corrected chi connectivity index (χ1v) is 15.2. The Hall–Kier alpha value is -5.62. The molecule has 0 saturated heterocycles. The molecular weight excluding hydrogens is 623 g/mol. The smallest absolute Gasteiger partial charge is 0.396 e. The van der Waals surface area contributed by atoms with Gasteiger partial charge in [-0.3, -0.25) is 19.4 Å². The van der Waals surface area contributed by atoms with Crippen LogP contribution in [0.25, 0.3) is 22.0 Å². The van der Waals surface area contributed by atoms with E-state index in [1.807, 2.05) is 0 Å². The summed E-state index contributed by atoms with van der Waals surface area (Å²) in [6, 6.07) is 23.3. The summed E-state index contributed by atoms with van der Waals surface area (Å²) in [6.07, 6.45) is -0.859. The van der Waals surface area contributed by atoms with Crippen LogP contribution in [0.15, 0.2) is 103 Å². The van der Waals surface area contributed by atoms with Gasteiger partial charge in [0.15, 0.2) is 6.04 Å². The predicted octanol–water partition coefficient (Wildman–Crippen LogP) is 6.32. The van der Waals surface area contributed by atoms with E-state index in [1.54, 1.807) is 72.8 Å². The van der Waals surface area contributed by atoms with Crippen LogP contribution in [-0.2, 0) is 11.0 Å². The number of benzene rings is 3. The van der Waals surface area contributed by atoms with E-state index in [4.69, 9.17) is 5.11 Å². The third-order valence-corrected chi connectivity index (χ3v) is 7.54. The number of aliphatic hydroxyl groups excluding tert-OH is 1. The lowest BCUT2D eigenvalue weighted by atomic mass is 9.98. The maximum atomic E-state index is 13.3. The number of fused-ring (bicyclic) bond motifs is 1. The summed E-state index contributed by atoms with van der Waals surface area (Å²) in [4.78, 5) is 48.3. The van der Waals surface area contributed by atoms with Crippen molar-refractivity contribution in [3.8, 4) is 11.1 Å². The average molecular weight is 656 g/mol. The van der Waals surface area contributed by atoms with E-state index >= 15 is 0 Å². The van der Waals surface area contributed by atoms with Crippen LogP contribution in [0, 0.1) is 0 Å². The molecule has 246 valence electrons. The Labute approximate surface area is 274 Å². The molecule has 2 heterocycles. The van der Waals surface area contributed by atoms with E-state index < -0.39 is 35.5 Å². The summed E-state index contributed by atoms with van der Waals surface area (Å²) >= 11 is 0. The van der Waals surface area contributed by atoms with Gasteiger partial charge in [-0.25, -0.2) is 4.98 Å². The molecule has 0 spiro atoms. The van der Waals surface area contributed by atoms with Crippen molar-refractivity contribution in [2.24, 2.45) is 0 Å². The first-order valence-electron chi connectivity index (χ1n) is 15.2. The van der Waals surface area contributed by atoms with Crippen LogP contribution in [-0.4, -0.2) is 45.9 Å². The van der Waals surface area contributed by atoms with Gasteiger partial charge in [-0.15, -0.1) is 0 Å². The second kappa shape index (κ2) is 15.3. The number of unbranched alkanes of at least 4 members (excludes halogenated alkanes) is 2. The number of anilines is 1. The fraction of sp³-hybridized carbons (Fsp3) is 0.194. The molecule has 0 fully saturated rings. The Morgan fingerprint density at radius 1 is 0.812 bits per heavy atom. The van der Waals surface area contributed by atoms with Gasteiger partial charge in [0.05, 0.1) is 16.8 Å². The highest BCUT2D eigenvalue weighted by Crippen LogP contribution is 2.32. The van der Waals surface area contributed by atoms with Gasteiger partial charge >= 0.3 is 6.18 Å². The molecule has 0 radical (unpaired) electrons. The Kier molecular flexibility index (Phi) is 10.8. The fourth-order valence-electron chi connectivity index (χ4n) is 5.05. The van der Waals surface area contributed by atoms with Crippen LogP contribution in [0.1, 0.15) is 57.3 Å². The highest BCUT2D eigenvalue weighted by Gasteiger charge is 2.30. The second-order valence-electron chi connectivity index (χ2n) is 10.9. The number of hydrogen-bond acceptors (Lipinski definition) is 6. The summed E-state index contributed by atoms with van der Waals surface area (Å²) in [7, 11) is 0. The van der Waals surface area contributed by atoms with Crippen molar-refractivity contribution in [2.45, 2.75) is 31.5 Å². The number of rotatable bonds is 12. The minimum atomic E-state index is -4.47. The topological polar surface area (TPSA) is 133 Å². The quantitative estimate of drug-likeness (QED) is 0.116. The van der Waals surface area contributed by atoms with Crippen LogP contribution in [0.3, 0.4) is 0 Å². The fourth-order valence-corrected chi connectivity index (χ4v) is 5.05. The van der Waals surface area contributed by atoms with Crippen LogP contribution in [0.5, 0.6) is 0 Å². The van der Waals surface area contributed by atoms with Gasteiger partial charge in [0.2, 0.25) is 5.91 Å². The van der Waals surface area contributed by atoms with Gasteiger partial charge in [-0.1, -0.05) is 36.4 Å². The first kappa shape index (κ1) is 33.7. The van der Waals surface area contributed by atoms with E-state index in [2.05, 4.69) is 25.9 Å². The second-order valence-corrected chi connectivity index (χ2v) is 10.9. The number of aromatic nitrogens is 2. The molecular formula is C36H32F3N5O4. The SMILES string of the molecule is O=C(NC(C(=O)NCCCCCO)c1ccccn1)c1ccc2nc(NC(=O)c3ccccc3-c3ccc(C(F)(F)F)cc3)ccc2c1. The van der Waals surface area contributed by atoms with Crippen molar-refractivity contribution in [2.75, 3.05) is 18.5 Å². The number of hydrogen-bond donors (Lipinski definition) is 4. The summed E-state index contributed by atoms with van der Waals surface area (Å²) in [6.45, 7) is 0.472. The van der Waals surface area contributed by atoms with Crippen molar-refractivity contribution < 1.29 is 32.7 Å². The van der Waals surface area contributed by atoms with Gasteiger partial charge in [0, 0.05) is 35.9 Å². The summed E-state index contributed by atoms with van der Waals surface area (Å²) < 4.78 is 39.1. The molecule has 1 unspecified atom stereocenters. The number of halogens is 3. The zero-order valence-electron chi connectivity index (χ0n) is 25.6. The Bertz CT molecular complexity index is 1900. The number of nitrogens with one attached hydrogen (secondary N) is 3. The number of carbonyl (C=O) groups excluding carboxylic acids is 3. The standard InChI is InChI=1S/C36H32F3N5O4/c37-36(38,39)26-15-11-23(12-16-26)27-8-2-3-9-28(27)34(47)43-31-18-14-24-22-25(13-17-29(24)42-31)33(46)44-32(30-10-4-6-19-40-30)35(48)41-20-5-1-7-21-45/h2-4,6,8-19,22,32,45H,1,5,7,20-21H2,(H,41,48)(H,44,46)(H,42,43,47). The molecule has 2 aromatic heterocycles. The highest BCUT2D eigenvalue weighted by molar-refractivity contribution is 6.08. The lowest BCUT2D eigenvalue weighted by Gasteiger charge is -2.18. The lowest BCUT2D eigenvalue weighted by Crippen LogP contribution is -2.41. The summed E-state index contributed by atoms with van der Waals surface area (Å²) in [5.41, 5.74) is 1.52. The lowest BCUT2D eigenvalue weighted by molar-refractivity contribution is -0.137. The van der Waals surface area contributed by atoms with E-state index in [-0.39, 0.29) is 23.6 Å². The minimum absolute atomic E-state index is 0.0843. The maximum absolute atomic E-state index is 13.3.